The Morgan fingerprint density at radius 1 is 1.37 bits per heavy atom. The monoisotopic (exact) mass is 273 g/mol. The van der Waals surface area contributed by atoms with Crippen molar-refractivity contribution in [3.63, 3.8) is 0 Å². The van der Waals surface area contributed by atoms with Crippen LogP contribution < -0.4 is 5.32 Å². The lowest BCUT2D eigenvalue weighted by molar-refractivity contribution is 0.402. The maximum atomic E-state index is 4.35. The third-order valence-electron chi connectivity index (χ3n) is 3.67. The van der Waals surface area contributed by atoms with E-state index in [0.29, 0.717) is 6.04 Å². The lowest BCUT2D eigenvalue weighted by Gasteiger charge is -2.24. The molecule has 0 amide bonds. The first kappa shape index (κ1) is 12.8. The van der Waals surface area contributed by atoms with Gasteiger partial charge in [0.25, 0.3) is 0 Å². The predicted molar refractivity (Wildman–Crippen MR) is 79.9 cm³/mol. The standard InChI is InChI=1S/C15H19N3S/c1-19-13-6-4-5-12(9-13)18-11-16-10-15(18)14-7-2-3-8-17-14/h4-6,9-11,14,17H,2-3,7-8H2,1H3. The van der Waals surface area contributed by atoms with Crippen LogP contribution in [-0.4, -0.2) is 22.4 Å². The van der Waals surface area contributed by atoms with Gasteiger partial charge in [0.2, 0.25) is 0 Å². The number of hydrogen-bond acceptors (Lipinski definition) is 3. The number of thioether (sulfide) groups is 1. The smallest absolute Gasteiger partial charge is 0.0994 e. The van der Waals surface area contributed by atoms with Crippen molar-refractivity contribution in [1.82, 2.24) is 14.9 Å². The molecule has 1 aliphatic rings. The number of imidazole rings is 1. The van der Waals surface area contributed by atoms with Gasteiger partial charge < -0.3 is 9.88 Å². The average molecular weight is 273 g/mol. The van der Waals surface area contributed by atoms with Gasteiger partial charge in [-0.25, -0.2) is 4.98 Å². The Bertz CT molecular complexity index is 544. The molecule has 1 atom stereocenters. The first-order valence-electron chi connectivity index (χ1n) is 6.78. The third-order valence-corrected chi connectivity index (χ3v) is 4.39. The summed E-state index contributed by atoms with van der Waals surface area (Å²) in [6.07, 6.45) is 9.81. The van der Waals surface area contributed by atoms with Crippen molar-refractivity contribution in [2.24, 2.45) is 0 Å². The highest BCUT2D eigenvalue weighted by molar-refractivity contribution is 7.98. The molecule has 1 aliphatic heterocycles. The van der Waals surface area contributed by atoms with E-state index in [4.69, 9.17) is 0 Å². The van der Waals surface area contributed by atoms with Crippen LogP contribution in [0, 0.1) is 0 Å². The van der Waals surface area contributed by atoms with Crippen LogP contribution in [0.2, 0.25) is 0 Å². The minimum atomic E-state index is 0.439. The second-order valence-electron chi connectivity index (χ2n) is 4.89. The highest BCUT2D eigenvalue weighted by Crippen LogP contribution is 2.26. The van der Waals surface area contributed by atoms with E-state index in [2.05, 4.69) is 45.4 Å². The number of nitrogens with one attached hydrogen (secondary N) is 1. The molecule has 0 spiro atoms. The summed E-state index contributed by atoms with van der Waals surface area (Å²) in [6.45, 7) is 1.11. The second-order valence-corrected chi connectivity index (χ2v) is 5.77. The van der Waals surface area contributed by atoms with Crippen LogP contribution in [0.15, 0.2) is 41.7 Å². The van der Waals surface area contributed by atoms with Gasteiger partial charge in [0.15, 0.2) is 0 Å². The van der Waals surface area contributed by atoms with Crippen molar-refractivity contribution >= 4 is 11.8 Å². The van der Waals surface area contributed by atoms with Gasteiger partial charge >= 0.3 is 0 Å². The summed E-state index contributed by atoms with van der Waals surface area (Å²) in [5, 5.41) is 3.59. The Morgan fingerprint density at radius 3 is 3.11 bits per heavy atom. The normalized spacial score (nSPS) is 19.5. The molecule has 1 fully saturated rings. The van der Waals surface area contributed by atoms with Gasteiger partial charge in [0, 0.05) is 16.6 Å². The van der Waals surface area contributed by atoms with E-state index in [9.17, 15) is 0 Å². The molecule has 1 aromatic carbocycles. The van der Waals surface area contributed by atoms with E-state index in [1.54, 1.807) is 11.8 Å². The Labute approximate surface area is 118 Å². The Kier molecular flexibility index (Phi) is 3.89. The molecule has 0 bridgehead atoms. The number of nitrogens with zero attached hydrogens (tertiary/aromatic N) is 2. The molecule has 2 heterocycles. The molecule has 4 heteroatoms. The zero-order valence-electron chi connectivity index (χ0n) is 11.2. The minimum Gasteiger partial charge on any atom is -0.309 e. The summed E-state index contributed by atoms with van der Waals surface area (Å²) in [6, 6.07) is 9.06. The minimum absolute atomic E-state index is 0.439. The van der Waals surface area contributed by atoms with Crippen molar-refractivity contribution in [1.29, 1.82) is 0 Å². The quantitative estimate of drug-likeness (QED) is 0.869. The molecule has 100 valence electrons. The Morgan fingerprint density at radius 2 is 2.32 bits per heavy atom. The van der Waals surface area contributed by atoms with E-state index in [1.165, 1.54) is 35.5 Å². The van der Waals surface area contributed by atoms with E-state index in [-0.39, 0.29) is 0 Å². The van der Waals surface area contributed by atoms with Crippen LogP contribution in [0.3, 0.4) is 0 Å². The van der Waals surface area contributed by atoms with Gasteiger partial charge in [-0.3, -0.25) is 0 Å². The van der Waals surface area contributed by atoms with Crippen LogP contribution in [0.4, 0.5) is 0 Å². The molecule has 0 aliphatic carbocycles. The summed E-state index contributed by atoms with van der Waals surface area (Å²) >= 11 is 1.77. The lowest BCUT2D eigenvalue weighted by atomic mass is 10.0. The SMILES string of the molecule is CSc1cccc(-n2cncc2C2CCCCN2)c1. The molecule has 1 unspecified atom stereocenters. The van der Waals surface area contributed by atoms with Crippen LogP contribution in [0.1, 0.15) is 31.0 Å². The molecule has 2 aromatic rings. The molecule has 0 saturated carbocycles. The van der Waals surface area contributed by atoms with Gasteiger partial charge in [-0.2, -0.15) is 0 Å². The molecule has 1 aromatic heterocycles. The maximum absolute atomic E-state index is 4.35. The largest absolute Gasteiger partial charge is 0.309 e. The lowest BCUT2D eigenvalue weighted by Crippen LogP contribution is -2.28. The molecule has 19 heavy (non-hydrogen) atoms. The van der Waals surface area contributed by atoms with Crippen molar-refractivity contribution in [3.8, 4) is 5.69 Å². The summed E-state index contributed by atoms with van der Waals surface area (Å²) in [4.78, 5) is 5.63. The van der Waals surface area contributed by atoms with Gasteiger partial charge in [0.05, 0.1) is 18.2 Å². The number of hydrogen-bond donors (Lipinski definition) is 1. The van der Waals surface area contributed by atoms with Gasteiger partial charge in [0.1, 0.15) is 0 Å². The fraction of sp³-hybridized carbons (Fsp3) is 0.400. The first-order chi connectivity index (χ1) is 9.38. The van der Waals surface area contributed by atoms with Gasteiger partial charge in [-0.05, 0) is 43.8 Å². The highest BCUT2D eigenvalue weighted by atomic mass is 32.2. The van der Waals surface area contributed by atoms with Crippen LogP contribution in [0.25, 0.3) is 5.69 Å². The van der Waals surface area contributed by atoms with E-state index in [0.717, 1.165) is 6.54 Å². The fourth-order valence-electron chi connectivity index (χ4n) is 2.64. The van der Waals surface area contributed by atoms with Crippen molar-refractivity contribution in [2.45, 2.75) is 30.2 Å². The van der Waals surface area contributed by atoms with Gasteiger partial charge in [-0.1, -0.05) is 12.5 Å². The van der Waals surface area contributed by atoms with E-state index >= 15 is 0 Å². The van der Waals surface area contributed by atoms with Gasteiger partial charge in [-0.15, -0.1) is 11.8 Å². The second kappa shape index (κ2) is 5.80. The van der Waals surface area contributed by atoms with Crippen LogP contribution in [0.5, 0.6) is 0 Å². The summed E-state index contributed by atoms with van der Waals surface area (Å²) in [7, 11) is 0. The van der Waals surface area contributed by atoms with Crippen molar-refractivity contribution in [3.05, 3.63) is 42.5 Å². The van der Waals surface area contributed by atoms with Crippen LogP contribution >= 0.6 is 11.8 Å². The van der Waals surface area contributed by atoms with Crippen molar-refractivity contribution < 1.29 is 0 Å². The molecule has 1 saturated heterocycles. The summed E-state index contributed by atoms with van der Waals surface area (Å²) in [5.74, 6) is 0. The maximum Gasteiger partial charge on any atom is 0.0994 e. The topological polar surface area (TPSA) is 29.9 Å². The summed E-state index contributed by atoms with van der Waals surface area (Å²) in [5.41, 5.74) is 2.48. The van der Waals surface area contributed by atoms with E-state index < -0.39 is 0 Å². The zero-order chi connectivity index (χ0) is 13.1. The number of aromatic nitrogens is 2. The molecule has 1 N–H and O–H groups in total. The number of rotatable bonds is 3. The fourth-order valence-corrected chi connectivity index (χ4v) is 3.10. The highest BCUT2D eigenvalue weighted by Gasteiger charge is 2.18. The zero-order valence-corrected chi connectivity index (χ0v) is 12.0. The molecule has 0 radical (unpaired) electrons. The average Bonchev–Trinajstić information content (AvgIpc) is 2.98. The predicted octanol–water partition coefficient (Wildman–Crippen LogP) is 3.41. The molecular formula is C15H19N3S. The molecule has 3 rings (SSSR count). The molecular weight excluding hydrogens is 254 g/mol. The number of piperidine rings is 1. The van der Waals surface area contributed by atoms with Crippen molar-refractivity contribution in [2.75, 3.05) is 12.8 Å². The van der Waals surface area contributed by atoms with E-state index in [1.807, 2.05) is 12.5 Å². The molecule has 3 nitrogen and oxygen atoms in total. The number of benzene rings is 1. The summed E-state index contributed by atoms with van der Waals surface area (Å²) < 4.78 is 2.21. The van der Waals surface area contributed by atoms with Crippen LogP contribution in [-0.2, 0) is 0 Å². The Balaban J connectivity index is 1.94. The third kappa shape index (κ3) is 2.69. The Hall–Kier alpha value is -1.26. The first-order valence-corrected chi connectivity index (χ1v) is 8.01.